The van der Waals surface area contributed by atoms with E-state index in [0.29, 0.717) is 11.2 Å². The Bertz CT molecular complexity index is 550. The summed E-state index contributed by atoms with van der Waals surface area (Å²) < 4.78 is 0. The van der Waals surface area contributed by atoms with Crippen molar-refractivity contribution in [2.24, 2.45) is 5.41 Å². The van der Waals surface area contributed by atoms with Crippen LogP contribution in [0.15, 0.2) is 35.9 Å². The van der Waals surface area contributed by atoms with Gasteiger partial charge in [0.1, 0.15) is 5.75 Å². The van der Waals surface area contributed by atoms with E-state index in [0.717, 1.165) is 21.5 Å². The molecule has 5 heteroatoms. The van der Waals surface area contributed by atoms with Crippen LogP contribution in [0.3, 0.4) is 0 Å². The molecule has 1 aliphatic rings. The van der Waals surface area contributed by atoms with E-state index in [9.17, 15) is 5.11 Å². The molecule has 0 saturated carbocycles. The molecule has 2 radical (unpaired) electrons. The average Bonchev–Trinajstić information content (AvgIpc) is 2.91. The maximum Gasteiger partial charge on any atom is 0.116 e. The smallest absolute Gasteiger partial charge is 0.116 e. The molecular formula is C22H37Cl2OSiTi-. The minimum atomic E-state index is 0. The number of benzene rings is 1. The van der Waals surface area contributed by atoms with Crippen molar-refractivity contribution in [1.82, 2.24) is 0 Å². The third-order valence-corrected chi connectivity index (χ3v) is 3.49. The van der Waals surface area contributed by atoms with Gasteiger partial charge in [0.25, 0.3) is 0 Å². The van der Waals surface area contributed by atoms with E-state index in [1.807, 2.05) is 13.0 Å². The maximum absolute atomic E-state index is 9.36. The topological polar surface area (TPSA) is 20.2 Å². The third-order valence-electron chi connectivity index (χ3n) is 3.49. The normalized spacial score (nSPS) is 12.0. The van der Waals surface area contributed by atoms with Crippen molar-refractivity contribution in [2.45, 2.75) is 73.4 Å². The van der Waals surface area contributed by atoms with Crippen LogP contribution < -0.4 is 0 Å². The zero-order valence-electron chi connectivity index (χ0n) is 18.4. The first-order valence-electron chi connectivity index (χ1n) is 8.58. The van der Waals surface area contributed by atoms with Crippen molar-refractivity contribution in [1.29, 1.82) is 0 Å². The van der Waals surface area contributed by atoms with Gasteiger partial charge < -0.3 is 5.11 Å². The Kier molecular flexibility index (Phi) is 20.3. The molecule has 0 aliphatic heterocycles. The van der Waals surface area contributed by atoms with Gasteiger partial charge in [-0.2, -0.15) is 11.6 Å². The van der Waals surface area contributed by atoms with Gasteiger partial charge in [0.05, 0.1) is 0 Å². The zero-order valence-corrected chi connectivity index (χ0v) is 22.6. The first-order chi connectivity index (χ1) is 10.9. The fourth-order valence-corrected chi connectivity index (χ4v) is 2.12. The molecule has 1 aliphatic carbocycles. The summed E-state index contributed by atoms with van der Waals surface area (Å²) in [7, 11) is 1.08. The van der Waals surface area contributed by atoms with Crippen molar-refractivity contribution < 1.29 is 26.8 Å². The number of rotatable bonds is 0. The second-order valence-corrected chi connectivity index (χ2v) is 9.27. The summed E-state index contributed by atoms with van der Waals surface area (Å²) in [5.74, 6) is 0.361. The number of aryl methyl sites for hydroxylation is 1. The number of aromatic hydroxyl groups is 1. The number of phenolic OH excluding ortho intramolecular Hbond substituents is 1. The number of hydrogen-bond acceptors (Lipinski definition) is 1. The Morgan fingerprint density at radius 1 is 0.926 bits per heavy atom. The minimum absolute atomic E-state index is 0. The van der Waals surface area contributed by atoms with Crippen LogP contribution in [0, 0.1) is 18.4 Å². The summed E-state index contributed by atoms with van der Waals surface area (Å²) in [6.07, 6.45) is 8.50. The molecule has 154 valence electrons. The summed E-state index contributed by atoms with van der Waals surface area (Å²) in [4.78, 5) is 0. The van der Waals surface area contributed by atoms with E-state index in [1.54, 1.807) is 6.07 Å². The van der Waals surface area contributed by atoms with E-state index in [1.165, 1.54) is 11.1 Å². The van der Waals surface area contributed by atoms with E-state index in [4.69, 9.17) is 0 Å². The molecule has 0 amide bonds. The van der Waals surface area contributed by atoms with Crippen molar-refractivity contribution >= 4 is 34.3 Å². The zero-order chi connectivity index (χ0) is 19.0. The summed E-state index contributed by atoms with van der Waals surface area (Å²) >= 11 is 0. The Morgan fingerprint density at radius 3 is 1.67 bits per heavy atom. The Hall–Kier alpha value is 0.0112. The summed E-state index contributed by atoms with van der Waals surface area (Å²) in [6, 6.07) is 5.71. The summed E-state index contributed by atoms with van der Waals surface area (Å²) in [5, 5.41) is 9.36. The van der Waals surface area contributed by atoms with Crippen molar-refractivity contribution in [3.05, 3.63) is 53.1 Å². The van der Waals surface area contributed by atoms with E-state index < -0.39 is 0 Å². The van der Waals surface area contributed by atoms with E-state index in [-0.39, 0.29) is 51.9 Å². The van der Waals surface area contributed by atoms with Gasteiger partial charge in [-0.3, -0.25) is 6.08 Å². The molecule has 27 heavy (non-hydrogen) atoms. The molecule has 0 bridgehead atoms. The molecule has 1 aromatic carbocycles. The van der Waals surface area contributed by atoms with Crippen LogP contribution in [0.1, 0.15) is 59.1 Å². The van der Waals surface area contributed by atoms with Gasteiger partial charge in [0.15, 0.2) is 0 Å². The third kappa shape index (κ3) is 15.6. The van der Waals surface area contributed by atoms with Gasteiger partial charge in [-0.15, -0.1) is 31.2 Å². The molecule has 0 spiro atoms. The van der Waals surface area contributed by atoms with Crippen molar-refractivity contribution in [2.75, 3.05) is 0 Å². The van der Waals surface area contributed by atoms with Crippen LogP contribution in [0.2, 0.25) is 13.1 Å². The molecule has 0 atom stereocenters. The Morgan fingerprint density at radius 2 is 1.41 bits per heavy atom. The molecular weight excluding hydrogens is 427 g/mol. The summed E-state index contributed by atoms with van der Waals surface area (Å²) in [5.41, 5.74) is 4.15. The molecule has 0 aromatic heterocycles. The van der Waals surface area contributed by atoms with Gasteiger partial charge in [-0.05, 0) is 35.6 Å². The van der Waals surface area contributed by atoms with Crippen molar-refractivity contribution in [3.63, 3.8) is 0 Å². The molecule has 0 unspecified atom stereocenters. The molecule has 2 rings (SSSR count). The number of halogens is 2. The number of phenols is 1. The molecule has 1 nitrogen and oxygen atoms in total. The fraction of sp³-hybridized carbons (Fsp3) is 0.545. The molecule has 1 aromatic rings. The van der Waals surface area contributed by atoms with Gasteiger partial charge >= 0.3 is 0 Å². The van der Waals surface area contributed by atoms with Crippen LogP contribution >= 0.6 is 24.8 Å². The average molecular weight is 464 g/mol. The predicted octanol–water partition coefficient (Wildman–Crippen LogP) is 7.35. The molecule has 1 N–H and O–H groups in total. The molecule has 0 heterocycles. The van der Waals surface area contributed by atoms with E-state index in [2.05, 4.69) is 78.9 Å². The monoisotopic (exact) mass is 463 g/mol. The Balaban J connectivity index is -0.000000159. The second kappa shape index (κ2) is 15.9. The quantitative estimate of drug-likeness (QED) is 0.315. The largest absolute Gasteiger partial charge is 0.508 e. The predicted molar refractivity (Wildman–Crippen MR) is 123 cm³/mol. The van der Waals surface area contributed by atoms with Gasteiger partial charge in [0, 0.05) is 31.2 Å². The van der Waals surface area contributed by atoms with Crippen LogP contribution in [0.4, 0.5) is 0 Å². The number of allylic oxidation sites excluding steroid dienone is 4. The maximum atomic E-state index is 9.36. The standard InChI is InChI=1S/C11H16O.C9H13.C2H6Si.2ClH.Ti/c1-8-5-9(11(2,3)4)7-10(12)6-8;1-9(2,3)8-6-4-5-7-8;1-3-2;;;/h5-7,12H,1-4H3;6-7H,4H2,1-3H3;1-2H3;2*1H;/q;-1;;;;. The molecule has 0 saturated heterocycles. The van der Waals surface area contributed by atoms with Gasteiger partial charge in [-0.25, -0.2) is 6.08 Å². The van der Waals surface area contributed by atoms with Crippen LogP contribution in [0.25, 0.3) is 0 Å². The number of hydrogen-bond donors (Lipinski definition) is 1. The minimum Gasteiger partial charge on any atom is -0.508 e. The SMILES string of the molecule is CC(C)(C)C1=CC[C-]=C1.C[Si]C.Cc1cc(O)cc(C(C)(C)C)c1.Cl.Cl.[Ti]. The van der Waals surface area contributed by atoms with Crippen LogP contribution in [-0.2, 0) is 27.1 Å². The van der Waals surface area contributed by atoms with Crippen molar-refractivity contribution in [3.8, 4) is 5.75 Å². The van der Waals surface area contributed by atoms with Gasteiger partial charge in [-0.1, -0.05) is 66.1 Å². The van der Waals surface area contributed by atoms with Crippen LogP contribution in [0.5, 0.6) is 5.75 Å². The van der Waals surface area contributed by atoms with Gasteiger partial charge in [0.2, 0.25) is 0 Å². The first-order valence-corrected chi connectivity index (χ1v) is 10.6. The first kappa shape index (κ1) is 34.5. The fourth-order valence-electron chi connectivity index (χ4n) is 2.12. The summed E-state index contributed by atoms with van der Waals surface area (Å²) in [6.45, 7) is 19.4. The van der Waals surface area contributed by atoms with Crippen LogP contribution in [-0.4, -0.2) is 14.6 Å². The second-order valence-electron chi connectivity index (χ2n) is 8.27. The van der Waals surface area contributed by atoms with E-state index >= 15 is 0 Å². The molecule has 0 fully saturated rings. The Labute approximate surface area is 198 Å².